The molecule has 86 valence electrons. The fraction of sp³-hybridized carbons (Fsp3) is 0.917. The highest BCUT2D eigenvalue weighted by molar-refractivity contribution is 4.98. The molecule has 1 heterocycles. The molecule has 0 spiro atoms. The number of nitriles is 1. The highest BCUT2D eigenvalue weighted by atomic mass is 15.2. The van der Waals surface area contributed by atoms with Crippen LogP contribution in [0.5, 0.6) is 0 Å². The second kappa shape index (κ2) is 5.48. The van der Waals surface area contributed by atoms with Crippen LogP contribution in [-0.4, -0.2) is 36.1 Å². The predicted octanol–water partition coefficient (Wildman–Crippen LogP) is 1.61. The number of rotatable bonds is 3. The van der Waals surface area contributed by atoms with Crippen LogP contribution in [0.4, 0.5) is 0 Å². The maximum Gasteiger partial charge on any atom is 0.0744 e. The maximum atomic E-state index is 9.16. The minimum absolute atomic E-state index is 0.142. The van der Waals surface area contributed by atoms with E-state index in [4.69, 9.17) is 5.26 Å². The quantitative estimate of drug-likeness (QED) is 0.767. The lowest BCUT2D eigenvalue weighted by Crippen LogP contribution is -2.52. The molecule has 0 radical (unpaired) electrons. The lowest BCUT2D eigenvalue weighted by Gasteiger charge is -2.38. The lowest BCUT2D eigenvalue weighted by atomic mass is 9.92. The Hall–Kier alpha value is -0.590. The van der Waals surface area contributed by atoms with E-state index < -0.39 is 0 Å². The van der Waals surface area contributed by atoms with Gasteiger partial charge in [0, 0.05) is 24.7 Å². The second-order valence-electron chi connectivity index (χ2n) is 5.04. The van der Waals surface area contributed by atoms with E-state index in [1.165, 1.54) is 0 Å². The first kappa shape index (κ1) is 12.5. The summed E-state index contributed by atoms with van der Waals surface area (Å²) in [5.74, 6) is 0.142. The van der Waals surface area contributed by atoms with Crippen LogP contribution in [-0.2, 0) is 0 Å². The molecular weight excluding hydrogens is 186 g/mol. The lowest BCUT2D eigenvalue weighted by molar-refractivity contribution is 0.130. The zero-order chi connectivity index (χ0) is 11.4. The van der Waals surface area contributed by atoms with Crippen molar-refractivity contribution in [2.24, 2.45) is 5.92 Å². The number of hydrogen-bond donors (Lipinski definition) is 1. The second-order valence-corrected chi connectivity index (χ2v) is 5.04. The number of piperidine rings is 1. The standard InChI is InChI=1S/C12H23N3/c1-9(2)14-12-5-6-15(10(3)4)8-11(12)7-13/h9-12,14H,5-6,8H2,1-4H3. The van der Waals surface area contributed by atoms with Gasteiger partial charge in [-0.05, 0) is 26.8 Å². The fourth-order valence-corrected chi connectivity index (χ4v) is 2.20. The molecule has 1 saturated heterocycles. The summed E-state index contributed by atoms with van der Waals surface area (Å²) < 4.78 is 0. The monoisotopic (exact) mass is 209 g/mol. The Morgan fingerprint density at radius 2 is 2.00 bits per heavy atom. The van der Waals surface area contributed by atoms with Crippen molar-refractivity contribution in [3.63, 3.8) is 0 Å². The molecule has 0 bridgehead atoms. The third-order valence-electron chi connectivity index (χ3n) is 3.09. The zero-order valence-electron chi connectivity index (χ0n) is 10.3. The van der Waals surface area contributed by atoms with Gasteiger partial charge >= 0.3 is 0 Å². The highest BCUT2D eigenvalue weighted by Crippen LogP contribution is 2.19. The molecule has 3 nitrogen and oxygen atoms in total. The minimum Gasteiger partial charge on any atom is -0.310 e. The van der Waals surface area contributed by atoms with Crippen LogP contribution in [0.3, 0.4) is 0 Å². The molecule has 0 aromatic rings. The van der Waals surface area contributed by atoms with E-state index in [2.05, 4.69) is 44.0 Å². The van der Waals surface area contributed by atoms with Crippen LogP contribution in [0, 0.1) is 17.2 Å². The van der Waals surface area contributed by atoms with Crippen LogP contribution < -0.4 is 5.32 Å². The van der Waals surface area contributed by atoms with Gasteiger partial charge in [-0.3, -0.25) is 4.90 Å². The first-order chi connectivity index (χ1) is 7.04. The summed E-state index contributed by atoms with van der Waals surface area (Å²) in [5.41, 5.74) is 0. The molecule has 1 rings (SSSR count). The van der Waals surface area contributed by atoms with Crippen molar-refractivity contribution in [1.82, 2.24) is 10.2 Å². The van der Waals surface area contributed by atoms with Crippen molar-refractivity contribution in [3.05, 3.63) is 0 Å². The Balaban J connectivity index is 2.54. The van der Waals surface area contributed by atoms with E-state index in [1.807, 2.05) is 0 Å². The average Bonchev–Trinajstić information content (AvgIpc) is 2.17. The molecule has 1 N–H and O–H groups in total. The first-order valence-electron chi connectivity index (χ1n) is 5.94. The third-order valence-corrected chi connectivity index (χ3v) is 3.09. The summed E-state index contributed by atoms with van der Waals surface area (Å²) in [7, 11) is 0. The maximum absolute atomic E-state index is 9.16. The summed E-state index contributed by atoms with van der Waals surface area (Å²) in [4.78, 5) is 2.40. The summed E-state index contributed by atoms with van der Waals surface area (Å²) in [6.07, 6.45) is 1.09. The van der Waals surface area contributed by atoms with Gasteiger partial charge in [0.1, 0.15) is 0 Å². The fourth-order valence-electron chi connectivity index (χ4n) is 2.20. The van der Waals surface area contributed by atoms with E-state index in [9.17, 15) is 0 Å². The molecule has 0 aromatic heterocycles. The number of nitrogens with one attached hydrogen (secondary N) is 1. The number of likely N-dealkylation sites (tertiary alicyclic amines) is 1. The van der Waals surface area contributed by atoms with Gasteiger partial charge in [-0.15, -0.1) is 0 Å². The molecule has 0 aliphatic carbocycles. The molecule has 3 heteroatoms. The van der Waals surface area contributed by atoms with Crippen LogP contribution in [0.2, 0.25) is 0 Å². The van der Waals surface area contributed by atoms with Gasteiger partial charge in [0.05, 0.1) is 12.0 Å². The number of nitrogens with zero attached hydrogens (tertiary/aromatic N) is 2. The summed E-state index contributed by atoms with van der Waals surface area (Å²) in [6.45, 7) is 10.7. The molecule has 1 aliphatic rings. The zero-order valence-corrected chi connectivity index (χ0v) is 10.3. The van der Waals surface area contributed by atoms with Gasteiger partial charge < -0.3 is 5.32 Å². The number of hydrogen-bond acceptors (Lipinski definition) is 3. The van der Waals surface area contributed by atoms with Crippen LogP contribution in [0.15, 0.2) is 0 Å². The van der Waals surface area contributed by atoms with Gasteiger partial charge in [0.25, 0.3) is 0 Å². The van der Waals surface area contributed by atoms with Crippen molar-refractivity contribution in [3.8, 4) is 6.07 Å². The van der Waals surface area contributed by atoms with Gasteiger partial charge in [-0.2, -0.15) is 5.26 Å². The Kier molecular flexibility index (Phi) is 4.56. The van der Waals surface area contributed by atoms with E-state index in [0.29, 0.717) is 18.1 Å². The molecule has 2 atom stereocenters. The molecule has 0 aromatic carbocycles. The predicted molar refractivity (Wildman–Crippen MR) is 62.5 cm³/mol. The highest BCUT2D eigenvalue weighted by Gasteiger charge is 2.30. The van der Waals surface area contributed by atoms with Crippen molar-refractivity contribution >= 4 is 0 Å². The SMILES string of the molecule is CC(C)NC1CCN(C(C)C)CC1C#N. The first-order valence-corrected chi connectivity index (χ1v) is 5.94. The summed E-state index contributed by atoms with van der Waals surface area (Å²) in [5, 5.41) is 12.7. The van der Waals surface area contributed by atoms with Crippen LogP contribution >= 0.6 is 0 Å². The smallest absolute Gasteiger partial charge is 0.0744 e. The molecule has 1 fully saturated rings. The normalized spacial score (nSPS) is 28.3. The van der Waals surface area contributed by atoms with Crippen LogP contribution in [0.1, 0.15) is 34.1 Å². The minimum atomic E-state index is 0.142. The van der Waals surface area contributed by atoms with Gasteiger partial charge in [0.15, 0.2) is 0 Å². The largest absolute Gasteiger partial charge is 0.310 e. The Morgan fingerprint density at radius 3 is 2.47 bits per heavy atom. The topological polar surface area (TPSA) is 39.1 Å². The molecular formula is C12H23N3. The van der Waals surface area contributed by atoms with E-state index >= 15 is 0 Å². The molecule has 0 saturated carbocycles. The molecule has 15 heavy (non-hydrogen) atoms. The van der Waals surface area contributed by atoms with Gasteiger partial charge in [-0.1, -0.05) is 13.8 Å². The van der Waals surface area contributed by atoms with E-state index in [1.54, 1.807) is 0 Å². The third kappa shape index (κ3) is 3.48. The Morgan fingerprint density at radius 1 is 1.33 bits per heavy atom. The average molecular weight is 209 g/mol. The van der Waals surface area contributed by atoms with Crippen molar-refractivity contribution < 1.29 is 0 Å². The van der Waals surface area contributed by atoms with Gasteiger partial charge in [0.2, 0.25) is 0 Å². The summed E-state index contributed by atoms with van der Waals surface area (Å²) in [6, 6.07) is 3.84. The van der Waals surface area contributed by atoms with Crippen molar-refractivity contribution in [1.29, 1.82) is 5.26 Å². The molecule has 2 unspecified atom stereocenters. The van der Waals surface area contributed by atoms with Gasteiger partial charge in [-0.25, -0.2) is 0 Å². The van der Waals surface area contributed by atoms with Crippen molar-refractivity contribution in [2.45, 2.75) is 52.2 Å². The van der Waals surface area contributed by atoms with Crippen molar-refractivity contribution in [2.75, 3.05) is 13.1 Å². The molecule has 0 amide bonds. The Bertz CT molecular complexity index is 230. The Labute approximate surface area is 93.5 Å². The molecule has 1 aliphatic heterocycles. The van der Waals surface area contributed by atoms with E-state index in [0.717, 1.165) is 19.5 Å². The van der Waals surface area contributed by atoms with E-state index in [-0.39, 0.29) is 5.92 Å². The summed E-state index contributed by atoms with van der Waals surface area (Å²) >= 11 is 0. The van der Waals surface area contributed by atoms with Crippen LogP contribution in [0.25, 0.3) is 0 Å².